The molecule has 120 valence electrons. The number of hydrogen-bond acceptors (Lipinski definition) is 5. The summed E-state index contributed by atoms with van der Waals surface area (Å²) in [5.74, 6) is 0.306. The summed E-state index contributed by atoms with van der Waals surface area (Å²) < 4.78 is 0. The van der Waals surface area contributed by atoms with E-state index in [0.717, 1.165) is 30.8 Å². The summed E-state index contributed by atoms with van der Waals surface area (Å²) in [5, 5.41) is 5.16. The van der Waals surface area contributed by atoms with Crippen LogP contribution in [0.2, 0.25) is 0 Å². The van der Waals surface area contributed by atoms with Gasteiger partial charge in [-0.05, 0) is 25.0 Å². The Morgan fingerprint density at radius 1 is 1.26 bits per heavy atom. The number of likely N-dealkylation sites (tertiary alicyclic amines) is 1. The largest absolute Gasteiger partial charge is 0.342 e. The maximum atomic E-state index is 12.4. The summed E-state index contributed by atoms with van der Waals surface area (Å²) in [6, 6.07) is 7.34. The van der Waals surface area contributed by atoms with Crippen molar-refractivity contribution in [3.05, 3.63) is 41.4 Å². The zero-order valence-corrected chi connectivity index (χ0v) is 14.2. The molecule has 1 aliphatic rings. The minimum absolute atomic E-state index is 0.141. The minimum atomic E-state index is -0.198. The van der Waals surface area contributed by atoms with Crippen molar-refractivity contribution in [3.63, 3.8) is 0 Å². The Labute approximate surface area is 143 Å². The predicted molar refractivity (Wildman–Crippen MR) is 93.0 cm³/mol. The summed E-state index contributed by atoms with van der Waals surface area (Å²) in [7, 11) is 0. The Hall–Kier alpha value is -1.86. The van der Waals surface area contributed by atoms with Crippen molar-refractivity contribution in [2.75, 3.05) is 24.2 Å². The van der Waals surface area contributed by atoms with Gasteiger partial charge in [0.1, 0.15) is 0 Å². The van der Waals surface area contributed by atoms with Gasteiger partial charge >= 0.3 is 0 Å². The molecule has 1 aromatic heterocycles. The number of anilines is 1. The highest BCUT2D eigenvalue weighted by Crippen LogP contribution is 2.25. The highest BCUT2D eigenvalue weighted by molar-refractivity contribution is 8.00. The van der Waals surface area contributed by atoms with Gasteiger partial charge in [-0.15, -0.1) is 23.1 Å². The van der Waals surface area contributed by atoms with E-state index in [2.05, 4.69) is 10.3 Å². The highest BCUT2D eigenvalue weighted by atomic mass is 32.2. The molecule has 0 aliphatic carbocycles. The quantitative estimate of drug-likeness (QED) is 0.844. The molecular formula is C16H17N3O2S2. The molecule has 3 rings (SSSR count). The minimum Gasteiger partial charge on any atom is -0.342 e. The van der Waals surface area contributed by atoms with Crippen LogP contribution in [-0.2, 0) is 4.79 Å². The van der Waals surface area contributed by atoms with E-state index >= 15 is 0 Å². The average Bonchev–Trinajstić information content (AvgIpc) is 3.26. The molecule has 0 bridgehead atoms. The molecule has 1 saturated heterocycles. The van der Waals surface area contributed by atoms with E-state index in [-0.39, 0.29) is 11.8 Å². The Morgan fingerprint density at radius 2 is 2.04 bits per heavy atom. The molecule has 2 amide bonds. The SMILES string of the molecule is O=C(Nc1nccs1)c1ccccc1SCC(=O)N1CCCC1. The van der Waals surface area contributed by atoms with Crippen molar-refractivity contribution in [2.45, 2.75) is 17.7 Å². The first kappa shape index (κ1) is 16.0. The third-order valence-corrected chi connectivity index (χ3v) is 5.34. The van der Waals surface area contributed by atoms with E-state index in [9.17, 15) is 9.59 Å². The maximum Gasteiger partial charge on any atom is 0.258 e. The Morgan fingerprint density at radius 3 is 2.78 bits per heavy atom. The van der Waals surface area contributed by atoms with Gasteiger partial charge in [-0.25, -0.2) is 4.98 Å². The van der Waals surface area contributed by atoms with Crippen LogP contribution in [0.25, 0.3) is 0 Å². The lowest BCUT2D eigenvalue weighted by Gasteiger charge is -2.15. The smallest absolute Gasteiger partial charge is 0.258 e. The molecule has 1 N–H and O–H groups in total. The molecule has 1 aliphatic heterocycles. The molecule has 1 fully saturated rings. The second-order valence-corrected chi connectivity index (χ2v) is 7.08. The number of thiazole rings is 1. The number of benzene rings is 1. The maximum absolute atomic E-state index is 12.4. The normalized spacial score (nSPS) is 14.0. The number of rotatable bonds is 5. The van der Waals surface area contributed by atoms with Crippen LogP contribution < -0.4 is 5.32 Å². The molecule has 0 atom stereocenters. The predicted octanol–water partition coefficient (Wildman–Crippen LogP) is 3.11. The number of aromatic nitrogens is 1. The van der Waals surface area contributed by atoms with Gasteiger partial charge in [0, 0.05) is 29.6 Å². The first-order valence-electron chi connectivity index (χ1n) is 7.44. The second kappa shape index (κ2) is 7.61. The second-order valence-electron chi connectivity index (χ2n) is 5.16. The number of carbonyl (C=O) groups is 2. The van der Waals surface area contributed by atoms with Crippen molar-refractivity contribution in [3.8, 4) is 0 Å². The van der Waals surface area contributed by atoms with Gasteiger partial charge in [-0.2, -0.15) is 0 Å². The molecule has 23 heavy (non-hydrogen) atoms. The lowest BCUT2D eigenvalue weighted by atomic mass is 10.2. The fourth-order valence-electron chi connectivity index (χ4n) is 2.43. The van der Waals surface area contributed by atoms with Gasteiger partial charge in [-0.3, -0.25) is 14.9 Å². The fraction of sp³-hybridized carbons (Fsp3) is 0.312. The number of amides is 2. The lowest BCUT2D eigenvalue weighted by molar-refractivity contribution is -0.127. The Bertz CT molecular complexity index is 682. The van der Waals surface area contributed by atoms with Crippen LogP contribution in [0.15, 0.2) is 40.7 Å². The van der Waals surface area contributed by atoms with Gasteiger partial charge in [0.2, 0.25) is 5.91 Å². The molecule has 2 aromatic rings. The van der Waals surface area contributed by atoms with Crippen molar-refractivity contribution >= 4 is 40.0 Å². The number of thioether (sulfide) groups is 1. The van der Waals surface area contributed by atoms with Crippen LogP contribution in [0.5, 0.6) is 0 Å². The van der Waals surface area contributed by atoms with Gasteiger partial charge in [-0.1, -0.05) is 12.1 Å². The first-order valence-corrected chi connectivity index (χ1v) is 9.31. The topological polar surface area (TPSA) is 62.3 Å². The van der Waals surface area contributed by atoms with E-state index in [1.807, 2.05) is 28.5 Å². The molecule has 0 radical (unpaired) electrons. The molecule has 0 saturated carbocycles. The summed E-state index contributed by atoms with van der Waals surface area (Å²) in [4.78, 5) is 31.3. The van der Waals surface area contributed by atoms with Crippen molar-refractivity contribution in [1.82, 2.24) is 9.88 Å². The fourth-order valence-corrected chi connectivity index (χ4v) is 3.90. The highest BCUT2D eigenvalue weighted by Gasteiger charge is 2.19. The molecule has 1 aromatic carbocycles. The molecule has 2 heterocycles. The molecule has 5 nitrogen and oxygen atoms in total. The third kappa shape index (κ3) is 4.11. The monoisotopic (exact) mass is 347 g/mol. The summed E-state index contributed by atoms with van der Waals surface area (Å²) in [6.45, 7) is 1.71. The number of carbonyl (C=O) groups excluding carboxylic acids is 2. The van der Waals surface area contributed by atoms with Gasteiger partial charge in [0.05, 0.1) is 11.3 Å². The average molecular weight is 347 g/mol. The Balaban J connectivity index is 1.65. The van der Waals surface area contributed by atoms with E-state index in [4.69, 9.17) is 0 Å². The van der Waals surface area contributed by atoms with Gasteiger partial charge in [0.15, 0.2) is 5.13 Å². The zero-order valence-electron chi connectivity index (χ0n) is 12.5. The van der Waals surface area contributed by atoms with Crippen LogP contribution in [0.3, 0.4) is 0 Å². The van der Waals surface area contributed by atoms with Crippen LogP contribution in [0.1, 0.15) is 23.2 Å². The van der Waals surface area contributed by atoms with Crippen LogP contribution in [0.4, 0.5) is 5.13 Å². The van der Waals surface area contributed by atoms with Crippen molar-refractivity contribution in [1.29, 1.82) is 0 Å². The van der Waals surface area contributed by atoms with Crippen LogP contribution in [-0.4, -0.2) is 40.5 Å². The lowest BCUT2D eigenvalue weighted by Crippen LogP contribution is -2.29. The Kier molecular flexibility index (Phi) is 5.30. The molecule has 0 spiro atoms. The third-order valence-electron chi connectivity index (χ3n) is 3.59. The first-order chi connectivity index (χ1) is 11.2. The molecule has 0 unspecified atom stereocenters. The van der Waals surface area contributed by atoms with E-state index < -0.39 is 0 Å². The van der Waals surface area contributed by atoms with Crippen LogP contribution in [0, 0.1) is 0 Å². The summed E-state index contributed by atoms with van der Waals surface area (Å²) >= 11 is 2.79. The van der Waals surface area contributed by atoms with Crippen molar-refractivity contribution in [2.24, 2.45) is 0 Å². The van der Waals surface area contributed by atoms with E-state index in [0.29, 0.717) is 16.4 Å². The number of hydrogen-bond donors (Lipinski definition) is 1. The van der Waals surface area contributed by atoms with E-state index in [1.54, 1.807) is 12.3 Å². The van der Waals surface area contributed by atoms with Crippen molar-refractivity contribution < 1.29 is 9.59 Å². The van der Waals surface area contributed by atoms with Gasteiger partial charge in [0.25, 0.3) is 5.91 Å². The number of nitrogens with one attached hydrogen (secondary N) is 1. The summed E-state index contributed by atoms with van der Waals surface area (Å²) in [6.07, 6.45) is 3.82. The van der Waals surface area contributed by atoms with E-state index in [1.165, 1.54) is 23.1 Å². The van der Waals surface area contributed by atoms with Crippen LogP contribution >= 0.6 is 23.1 Å². The number of nitrogens with zero attached hydrogens (tertiary/aromatic N) is 2. The standard InChI is InChI=1S/C16H17N3O2S2/c20-14(19-8-3-4-9-19)11-23-13-6-2-1-5-12(13)15(21)18-16-17-7-10-22-16/h1-2,5-7,10H,3-4,8-9,11H2,(H,17,18,21). The summed E-state index contributed by atoms with van der Waals surface area (Å²) in [5.41, 5.74) is 0.571. The molecular weight excluding hydrogens is 330 g/mol. The molecule has 7 heteroatoms. The van der Waals surface area contributed by atoms with Gasteiger partial charge < -0.3 is 4.90 Å². The zero-order chi connectivity index (χ0) is 16.1.